The topological polar surface area (TPSA) is 79.7 Å². The Balaban J connectivity index is 1.92. The number of hydrogen-bond acceptors (Lipinski definition) is 4. The molecule has 0 radical (unpaired) electrons. The van der Waals surface area contributed by atoms with Gasteiger partial charge >= 0.3 is 12.1 Å². The van der Waals surface area contributed by atoms with Crippen molar-refractivity contribution in [3.05, 3.63) is 76.6 Å². The molecule has 0 aliphatic carbocycles. The number of pyridine rings is 1. The number of ether oxygens (including phenoxy) is 1. The quantitative estimate of drug-likeness (QED) is 0.297. The minimum atomic E-state index is -4.67. The second-order valence-corrected chi connectivity index (χ2v) is 8.04. The first-order valence-electron chi connectivity index (χ1n) is 10.6. The highest BCUT2D eigenvalue weighted by Gasteiger charge is 2.33. The van der Waals surface area contributed by atoms with Crippen LogP contribution in [0.1, 0.15) is 34.5 Å². The number of terminal acetylenes is 1. The van der Waals surface area contributed by atoms with Crippen LogP contribution in [0, 0.1) is 12.3 Å². The fraction of sp³-hybridized carbons (Fsp3) is 0.192. The summed E-state index contributed by atoms with van der Waals surface area (Å²) in [6, 6.07) is 11.9. The Morgan fingerprint density at radius 2 is 1.89 bits per heavy atom. The maximum Gasteiger partial charge on any atom is 0.433 e. The molecule has 3 rings (SSSR count). The van der Waals surface area contributed by atoms with Crippen LogP contribution in [0.15, 0.2) is 54.7 Å². The molecular weight excluding hydrogens is 497 g/mol. The number of para-hydroxylation sites is 2. The van der Waals surface area contributed by atoms with Gasteiger partial charge in [0.2, 0.25) is 0 Å². The monoisotopic (exact) mass is 516 g/mol. The normalized spacial score (nSPS) is 11.0. The summed E-state index contributed by atoms with van der Waals surface area (Å²) in [6.45, 7) is 0.145. The molecule has 0 aliphatic heterocycles. The standard InChI is InChI=1S/C26H20ClF3N2O4/c1-3-16-14-23(26(28,29)30)31-15-19(16)18-13-17(10-11-20(18)27)25(35)32(2)21-7-4-5-8-22(21)36-12-6-9-24(33)34/h1,4-5,7-8,10-11,13-15H,6,9,12H2,2H3,(H,33,34). The van der Waals surface area contributed by atoms with Crippen LogP contribution in [0.2, 0.25) is 5.02 Å². The average Bonchev–Trinajstić information content (AvgIpc) is 2.85. The van der Waals surface area contributed by atoms with Crippen LogP contribution >= 0.6 is 11.6 Å². The minimum Gasteiger partial charge on any atom is -0.491 e. The molecule has 1 amide bonds. The van der Waals surface area contributed by atoms with E-state index in [1.165, 1.54) is 30.1 Å². The third-order valence-corrected chi connectivity index (χ3v) is 5.51. The number of hydrogen-bond donors (Lipinski definition) is 1. The van der Waals surface area contributed by atoms with Crippen molar-refractivity contribution in [2.75, 3.05) is 18.6 Å². The van der Waals surface area contributed by atoms with Crippen LogP contribution in [-0.4, -0.2) is 35.6 Å². The average molecular weight is 517 g/mol. The van der Waals surface area contributed by atoms with E-state index in [1.54, 1.807) is 24.3 Å². The van der Waals surface area contributed by atoms with E-state index in [9.17, 15) is 22.8 Å². The molecule has 0 saturated carbocycles. The highest BCUT2D eigenvalue weighted by atomic mass is 35.5. The van der Waals surface area contributed by atoms with Crippen molar-refractivity contribution in [2.45, 2.75) is 19.0 Å². The van der Waals surface area contributed by atoms with Gasteiger partial charge in [0.1, 0.15) is 11.4 Å². The number of aromatic nitrogens is 1. The summed E-state index contributed by atoms with van der Waals surface area (Å²) in [5, 5.41) is 8.95. The molecule has 0 spiro atoms. The van der Waals surface area contributed by atoms with Gasteiger partial charge in [-0.05, 0) is 42.8 Å². The van der Waals surface area contributed by atoms with E-state index in [0.717, 1.165) is 12.3 Å². The molecule has 6 nitrogen and oxygen atoms in total. The van der Waals surface area contributed by atoms with Crippen LogP contribution in [0.5, 0.6) is 5.75 Å². The lowest BCUT2D eigenvalue weighted by atomic mass is 9.99. The van der Waals surface area contributed by atoms with Gasteiger partial charge in [-0.2, -0.15) is 13.2 Å². The number of nitrogens with zero attached hydrogens (tertiary/aromatic N) is 2. The number of carboxylic acids is 1. The summed E-state index contributed by atoms with van der Waals surface area (Å²) >= 11 is 6.30. The predicted molar refractivity (Wildman–Crippen MR) is 129 cm³/mol. The Labute approximate surface area is 210 Å². The van der Waals surface area contributed by atoms with Gasteiger partial charge in [-0.25, -0.2) is 0 Å². The Morgan fingerprint density at radius 1 is 1.17 bits per heavy atom. The summed E-state index contributed by atoms with van der Waals surface area (Å²) in [4.78, 5) is 28.8. The third-order valence-electron chi connectivity index (χ3n) is 5.18. The van der Waals surface area contributed by atoms with Gasteiger partial charge in [0, 0.05) is 46.9 Å². The molecule has 0 unspecified atom stereocenters. The number of carbonyl (C=O) groups excluding carboxylic acids is 1. The van der Waals surface area contributed by atoms with Gasteiger partial charge in [0.25, 0.3) is 5.91 Å². The number of benzene rings is 2. The molecule has 0 saturated heterocycles. The third kappa shape index (κ3) is 6.15. The van der Waals surface area contributed by atoms with E-state index in [1.807, 2.05) is 0 Å². The minimum absolute atomic E-state index is 0.0526. The predicted octanol–water partition coefficient (Wildman–Crippen LogP) is 5.92. The van der Waals surface area contributed by atoms with Crippen molar-refractivity contribution < 1.29 is 32.6 Å². The molecule has 1 heterocycles. The van der Waals surface area contributed by atoms with E-state index < -0.39 is 23.7 Å². The first kappa shape index (κ1) is 26.6. The van der Waals surface area contributed by atoms with Crippen LogP contribution in [0.25, 0.3) is 11.1 Å². The molecule has 36 heavy (non-hydrogen) atoms. The summed E-state index contributed by atoms with van der Waals surface area (Å²) in [6.07, 6.45) is 2.00. The lowest BCUT2D eigenvalue weighted by Crippen LogP contribution is -2.26. The number of halogens is 4. The highest BCUT2D eigenvalue weighted by Crippen LogP contribution is 2.35. The van der Waals surface area contributed by atoms with Gasteiger partial charge in [0.15, 0.2) is 0 Å². The summed E-state index contributed by atoms with van der Waals surface area (Å²) < 4.78 is 44.9. The van der Waals surface area contributed by atoms with Crippen LogP contribution < -0.4 is 9.64 Å². The van der Waals surface area contributed by atoms with Gasteiger partial charge in [-0.3, -0.25) is 14.6 Å². The fourth-order valence-electron chi connectivity index (χ4n) is 3.37. The Hall–Kier alpha value is -4.03. The largest absolute Gasteiger partial charge is 0.491 e. The van der Waals surface area contributed by atoms with E-state index in [-0.39, 0.29) is 40.3 Å². The number of rotatable bonds is 8. The molecule has 186 valence electrons. The van der Waals surface area contributed by atoms with Crippen molar-refractivity contribution in [1.29, 1.82) is 0 Å². The van der Waals surface area contributed by atoms with E-state index >= 15 is 0 Å². The number of anilines is 1. The van der Waals surface area contributed by atoms with Crippen LogP contribution in [0.3, 0.4) is 0 Å². The van der Waals surface area contributed by atoms with Crippen molar-refractivity contribution in [3.63, 3.8) is 0 Å². The highest BCUT2D eigenvalue weighted by molar-refractivity contribution is 6.33. The van der Waals surface area contributed by atoms with Gasteiger partial charge in [0.05, 0.1) is 12.3 Å². The summed E-state index contributed by atoms with van der Waals surface area (Å²) in [5.41, 5.74) is -0.145. The van der Waals surface area contributed by atoms with E-state index in [0.29, 0.717) is 17.9 Å². The lowest BCUT2D eigenvalue weighted by Gasteiger charge is -2.21. The molecule has 0 atom stereocenters. The molecular formula is C26H20ClF3N2O4. The summed E-state index contributed by atoms with van der Waals surface area (Å²) in [7, 11) is 1.53. The molecule has 10 heteroatoms. The Morgan fingerprint density at radius 3 is 2.56 bits per heavy atom. The molecule has 3 aromatic rings. The molecule has 0 aliphatic rings. The number of alkyl halides is 3. The Kier molecular flexibility index (Phi) is 8.22. The number of aliphatic carboxylic acids is 1. The lowest BCUT2D eigenvalue weighted by molar-refractivity contribution is -0.141. The zero-order chi connectivity index (χ0) is 26.5. The van der Waals surface area contributed by atoms with Crippen molar-refractivity contribution in [2.24, 2.45) is 0 Å². The summed E-state index contributed by atoms with van der Waals surface area (Å²) in [5.74, 6) is 1.22. The SMILES string of the molecule is C#Cc1cc(C(F)(F)F)ncc1-c1cc(C(=O)N(C)c2ccccc2OCCCC(=O)O)ccc1Cl. The number of amides is 1. The van der Waals surface area contributed by atoms with Gasteiger partial charge < -0.3 is 14.7 Å². The van der Waals surface area contributed by atoms with Crippen LogP contribution in [-0.2, 0) is 11.0 Å². The molecule has 0 bridgehead atoms. The first-order chi connectivity index (χ1) is 17.0. The maximum absolute atomic E-state index is 13.3. The zero-order valence-corrected chi connectivity index (χ0v) is 19.7. The second-order valence-electron chi connectivity index (χ2n) is 7.63. The van der Waals surface area contributed by atoms with Crippen molar-refractivity contribution >= 4 is 29.2 Å². The first-order valence-corrected chi connectivity index (χ1v) is 11.0. The molecule has 2 aromatic carbocycles. The molecule has 1 N–H and O–H groups in total. The maximum atomic E-state index is 13.3. The van der Waals surface area contributed by atoms with E-state index in [4.69, 9.17) is 27.9 Å². The van der Waals surface area contributed by atoms with Gasteiger partial charge in [-0.15, -0.1) is 6.42 Å². The number of carbonyl (C=O) groups is 2. The second kappa shape index (κ2) is 11.1. The molecule has 0 fully saturated rings. The van der Waals surface area contributed by atoms with Crippen molar-refractivity contribution in [3.8, 4) is 29.2 Å². The van der Waals surface area contributed by atoms with Crippen LogP contribution in [0.4, 0.5) is 18.9 Å². The molecule has 1 aromatic heterocycles. The Bertz CT molecular complexity index is 1340. The fourth-order valence-corrected chi connectivity index (χ4v) is 3.59. The number of carboxylic acid groups (broad SMARTS) is 1. The van der Waals surface area contributed by atoms with Crippen molar-refractivity contribution in [1.82, 2.24) is 4.98 Å². The van der Waals surface area contributed by atoms with E-state index in [2.05, 4.69) is 10.9 Å². The zero-order valence-electron chi connectivity index (χ0n) is 19.0. The smallest absolute Gasteiger partial charge is 0.433 e. The van der Waals surface area contributed by atoms with Gasteiger partial charge in [-0.1, -0.05) is 29.7 Å².